The Morgan fingerprint density at radius 1 is 1.33 bits per heavy atom. The van der Waals surface area contributed by atoms with Crippen molar-refractivity contribution >= 4 is 6.29 Å². The van der Waals surface area contributed by atoms with E-state index < -0.39 is 0 Å². The zero-order valence-electron chi connectivity index (χ0n) is 8.87. The summed E-state index contributed by atoms with van der Waals surface area (Å²) in [5, 5.41) is 0. The molecule has 0 unspecified atom stereocenters. The predicted molar refractivity (Wildman–Crippen MR) is 57.1 cm³/mol. The van der Waals surface area contributed by atoms with E-state index in [9.17, 15) is 4.79 Å². The minimum atomic E-state index is 0.526. The van der Waals surface area contributed by atoms with Crippen LogP contribution in [0.5, 0.6) is 0 Å². The highest BCUT2D eigenvalue weighted by molar-refractivity contribution is 5.77. The van der Waals surface area contributed by atoms with Crippen LogP contribution in [0.3, 0.4) is 0 Å². The summed E-state index contributed by atoms with van der Waals surface area (Å²) in [6, 6.07) is 1.96. The van der Waals surface area contributed by atoms with Gasteiger partial charge < -0.3 is 4.42 Å². The zero-order valence-corrected chi connectivity index (χ0v) is 8.87. The summed E-state index contributed by atoms with van der Waals surface area (Å²) >= 11 is 0. The number of furan rings is 1. The first-order valence-electron chi connectivity index (χ1n) is 5.94. The Labute approximate surface area is 89.7 Å². The maximum Gasteiger partial charge on any atom is 0.153 e. The van der Waals surface area contributed by atoms with Crippen molar-refractivity contribution < 1.29 is 9.21 Å². The van der Waals surface area contributed by atoms with Crippen molar-refractivity contribution in [1.82, 2.24) is 0 Å². The summed E-state index contributed by atoms with van der Waals surface area (Å²) in [4.78, 5) is 10.9. The number of rotatable bonds is 4. The van der Waals surface area contributed by atoms with Gasteiger partial charge in [-0.05, 0) is 37.7 Å². The van der Waals surface area contributed by atoms with Crippen molar-refractivity contribution in [3.63, 3.8) is 0 Å². The molecule has 0 N–H and O–H groups in total. The molecule has 2 heteroatoms. The third-order valence-corrected chi connectivity index (χ3v) is 3.63. The summed E-state index contributed by atoms with van der Waals surface area (Å²) in [6.45, 7) is 0. The maximum atomic E-state index is 10.9. The van der Waals surface area contributed by atoms with Crippen LogP contribution in [0.15, 0.2) is 10.5 Å². The summed E-state index contributed by atoms with van der Waals surface area (Å²) in [5.74, 6) is 3.34. The molecule has 1 aromatic rings. The molecule has 0 aliphatic heterocycles. The molecule has 0 aromatic carbocycles. The van der Waals surface area contributed by atoms with E-state index in [-0.39, 0.29) is 0 Å². The molecule has 2 nitrogen and oxygen atoms in total. The predicted octanol–water partition coefficient (Wildman–Crippen LogP) is 3.31. The van der Waals surface area contributed by atoms with Crippen LogP contribution in [0, 0.1) is 5.92 Å². The van der Waals surface area contributed by atoms with Gasteiger partial charge in [0.15, 0.2) is 6.29 Å². The average molecular weight is 204 g/mol. The highest BCUT2D eigenvalue weighted by atomic mass is 16.3. The Kier molecular flexibility index (Phi) is 2.15. The molecule has 1 heterocycles. The largest absolute Gasteiger partial charge is 0.465 e. The molecule has 2 fully saturated rings. The number of carbonyl (C=O) groups is 1. The van der Waals surface area contributed by atoms with Crippen LogP contribution >= 0.6 is 0 Å². The number of hydrogen-bond acceptors (Lipinski definition) is 2. The topological polar surface area (TPSA) is 30.2 Å². The van der Waals surface area contributed by atoms with Crippen LogP contribution in [0.2, 0.25) is 0 Å². The zero-order chi connectivity index (χ0) is 10.3. The van der Waals surface area contributed by atoms with Gasteiger partial charge in [-0.15, -0.1) is 0 Å². The molecule has 3 rings (SSSR count). The minimum Gasteiger partial charge on any atom is -0.465 e. The molecule has 0 bridgehead atoms. The van der Waals surface area contributed by atoms with E-state index in [0.29, 0.717) is 5.92 Å². The molecule has 80 valence electrons. The highest BCUT2D eigenvalue weighted by Crippen LogP contribution is 2.40. The van der Waals surface area contributed by atoms with Gasteiger partial charge in [0.05, 0.1) is 5.56 Å². The van der Waals surface area contributed by atoms with Crippen LogP contribution in [-0.4, -0.2) is 6.29 Å². The third-order valence-electron chi connectivity index (χ3n) is 3.63. The molecule has 2 aliphatic carbocycles. The fourth-order valence-electron chi connectivity index (χ4n) is 2.26. The van der Waals surface area contributed by atoms with Crippen molar-refractivity contribution in [2.45, 2.75) is 44.4 Å². The van der Waals surface area contributed by atoms with Gasteiger partial charge in [-0.25, -0.2) is 0 Å². The second kappa shape index (κ2) is 3.51. The maximum absolute atomic E-state index is 10.9. The Balaban J connectivity index is 1.82. The normalized spacial score (nSPS) is 21.3. The number of hydrogen-bond donors (Lipinski definition) is 0. The van der Waals surface area contributed by atoms with E-state index in [2.05, 4.69) is 0 Å². The van der Waals surface area contributed by atoms with Gasteiger partial charge in [0, 0.05) is 12.3 Å². The first-order chi connectivity index (χ1) is 7.36. The number of carbonyl (C=O) groups excluding carboxylic acids is 1. The Morgan fingerprint density at radius 2 is 2.13 bits per heavy atom. The molecule has 15 heavy (non-hydrogen) atoms. The molecule has 0 atom stereocenters. The SMILES string of the molecule is O=Cc1cc(CC2CC2)oc1C1CCC1. The summed E-state index contributed by atoms with van der Waals surface area (Å²) in [6.07, 6.45) is 8.31. The average Bonchev–Trinajstić information content (AvgIpc) is 2.85. The quantitative estimate of drug-likeness (QED) is 0.704. The molecule has 0 amide bonds. The summed E-state index contributed by atoms with van der Waals surface area (Å²) < 4.78 is 5.83. The van der Waals surface area contributed by atoms with E-state index in [1.807, 2.05) is 6.07 Å². The molecule has 0 spiro atoms. The lowest BCUT2D eigenvalue weighted by molar-refractivity contribution is 0.112. The number of aldehydes is 1. The van der Waals surface area contributed by atoms with Crippen molar-refractivity contribution in [2.24, 2.45) is 5.92 Å². The van der Waals surface area contributed by atoms with Gasteiger partial charge in [-0.3, -0.25) is 4.79 Å². The van der Waals surface area contributed by atoms with Gasteiger partial charge in [-0.2, -0.15) is 0 Å². The first kappa shape index (κ1) is 9.20. The minimum absolute atomic E-state index is 0.526. The third kappa shape index (κ3) is 1.73. The lowest BCUT2D eigenvalue weighted by Gasteiger charge is -2.23. The van der Waals surface area contributed by atoms with Crippen molar-refractivity contribution in [3.05, 3.63) is 23.2 Å². The first-order valence-corrected chi connectivity index (χ1v) is 5.94. The standard InChI is InChI=1S/C13H16O2/c14-8-11-7-12(6-9-4-5-9)15-13(11)10-2-1-3-10/h7-10H,1-6H2. The lowest BCUT2D eigenvalue weighted by atomic mass is 9.82. The van der Waals surface area contributed by atoms with Gasteiger partial charge in [0.1, 0.15) is 11.5 Å². The molecular formula is C13H16O2. The smallest absolute Gasteiger partial charge is 0.153 e. The summed E-state index contributed by atoms with van der Waals surface area (Å²) in [5.41, 5.74) is 0.801. The molecule has 2 saturated carbocycles. The van der Waals surface area contributed by atoms with Crippen LogP contribution < -0.4 is 0 Å². The van der Waals surface area contributed by atoms with Crippen molar-refractivity contribution in [3.8, 4) is 0 Å². The van der Waals surface area contributed by atoms with E-state index in [4.69, 9.17) is 4.42 Å². The second-order valence-electron chi connectivity index (χ2n) is 4.93. The molecule has 0 radical (unpaired) electrons. The van der Waals surface area contributed by atoms with E-state index in [0.717, 1.165) is 35.7 Å². The van der Waals surface area contributed by atoms with Crippen molar-refractivity contribution in [1.29, 1.82) is 0 Å². The monoisotopic (exact) mass is 204 g/mol. The van der Waals surface area contributed by atoms with E-state index in [1.54, 1.807) is 0 Å². The van der Waals surface area contributed by atoms with Gasteiger partial charge in [-0.1, -0.05) is 6.42 Å². The van der Waals surface area contributed by atoms with Gasteiger partial charge in [0.2, 0.25) is 0 Å². The van der Waals surface area contributed by atoms with Crippen LogP contribution in [-0.2, 0) is 6.42 Å². The van der Waals surface area contributed by atoms with Gasteiger partial charge >= 0.3 is 0 Å². The Hall–Kier alpha value is -1.05. The van der Waals surface area contributed by atoms with Crippen molar-refractivity contribution in [2.75, 3.05) is 0 Å². The van der Waals surface area contributed by atoms with Crippen LogP contribution in [0.25, 0.3) is 0 Å². The van der Waals surface area contributed by atoms with E-state index >= 15 is 0 Å². The molecular weight excluding hydrogens is 188 g/mol. The lowest BCUT2D eigenvalue weighted by Crippen LogP contribution is -2.09. The molecule has 1 aromatic heterocycles. The Morgan fingerprint density at radius 3 is 2.67 bits per heavy atom. The second-order valence-corrected chi connectivity index (χ2v) is 4.93. The highest BCUT2D eigenvalue weighted by Gasteiger charge is 2.28. The molecule has 0 saturated heterocycles. The van der Waals surface area contributed by atoms with E-state index in [1.165, 1.54) is 32.1 Å². The molecule has 2 aliphatic rings. The fraction of sp³-hybridized carbons (Fsp3) is 0.615. The fourth-order valence-corrected chi connectivity index (χ4v) is 2.26. The van der Waals surface area contributed by atoms with Crippen LogP contribution in [0.1, 0.15) is 59.9 Å². The van der Waals surface area contributed by atoms with Crippen LogP contribution in [0.4, 0.5) is 0 Å². The Bertz CT molecular complexity index is 370. The van der Waals surface area contributed by atoms with Gasteiger partial charge in [0.25, 0.3) is 0 Å². The summed E-state index contributed by atoms with van der Waals surface area (Å²) in [7, 11) is 0.